The molecule has 0 aromatic heterocycles. The molecule has 0 heterocycles. The zero-order valence-electron chi connectivity index (χ0n) is 14.8. The van der Waals surface area contributed by atoms with E-state index in [-0.39, 0.29) is 23.9 Å². The maximum Gasteiger partial charge on any atom is 0.250 e. The second-order valence-corrected chi connectivity index (χ2v) is 6.21. The van der Waals surface area contributed by atoms with Crippen LogP contribution in [0, 0.1) is 0 Å². The van der Waals surface area contributed by atoms with E-state index in [0.29, 0.717) is 28.5 Å². The van der Waals surface area contributed by atoms with Crippen LogP contribution in [0.15, 0.2) is 42.5 Å². The van der Waals surface area contributed by atoms with Crippen LogP contribution in [-0.4, -0.2) is 24.3 Å². The molecule has 0 bridgehead atoms. The van der Waals surface area contributed by atoms with Gasteiger partial charge in [0.05, 0.1) is 28.5 Å². The summed E-state index contributed by atoms with van der Waals surface area (Å²) in [5, 5.41) is 8.73. The lowest BCUT2D eigenvalue weighted by Crippen LogP contribution is -2.24. The van der Waals surface area contributed by atoms with E-state index in [9.17, 15) is 14.4 Å². The summed E-state index contributed by atoms with van der Waals surface area (Å²) in [6, 6.07) is 11.4. The van der Waals surface area contributed by atoms with Crippen LogP contribution < -0.4 is 21.7 Å². The molecule has 0 aliphatic carbocycles. The smallest absolute Gasteiger partial charge is 0.250 e. The van der Waals surface area contributed by atoms with E-state index in [4.69, 9.17) is 17.3 Å². The van der Waals surface area contributed by atoms with E-state index in [1.54, 1.807) is 36.4 Å². The Morgan fingerprint density at radius 2 is 1.74 bits per heavy atom. The average molecular weight is 389 g/mol. The minimum atomic E-state index is -0.627. The Morgan fingerprint density at radius 1 is 1.00 bits per heavy atom. The number of anilines is 3. The van der Waals surface area contributed by atoms with Crippen molar-refractivity contribution in [2.24, 2.45) is 5.73 Å². The first-order valence-electron chi connectivity index (χ1n) is 8.42. The summed E-state index contributed by atoms with van der Waals surface area (Å²) in [7, 11) is 0. The van der Waals surface area contributed by atoms with Crippen LogP contribution in [0.5, 0.6) is 0 Å². The lowest BCUT2D eigenvalue weighted by atomic mass is 10.1. The molecule has 2 aromatic rings. The van der Waals surface area contributed by atoms with Crippen molar-refractivity contribution in [1.29, 1.82) is 0 Å². The number of primary amides is 1. The fourth-order valence-electron chi connectivity index (χ4n) is 2.37. The molecule has 8 heteroatoms. The van der Waals surface area contributed by atoms with Gasteiger partial charge in [-0.05, 0) is 36.8 Å². The van der Waals surface area contributed by atoms with Gasteiger partial charge in [-0.1, -0.05) is 30.7 Å². The summed E-state index contributed by atoms with van der Waals surface area (Å²) < 4.78 is 0. The van der Waals surface area contributed by atoms with Gasteiger partial charge < -0.3 is 21.7 Å². The normalized spacial score (nSPS) is 10.1. The van der Waals surface area contributed by atoms with E-state index in [1.807, 2.05) is 6.92 Å². The topological polar surface area (TPSA) is 113 Å². The monoisotopic (exact) mass is 388 g/mol. The number of rotatable bonds is 8. The van der Waals surface area contributed by atoms with Crippen LogP contribution in [0.2, 0.25) is 5.02 Å². The minimum Gasteiger partial charge on any atom is -0.375 e. The highest BCUT2D eigenvalue weighted by molar-refractivity contribution is 6.33. The predicted molar refractivity (Wildman–Crippen MR) is 107 cm³/mol. The van der Waals surface area contributed by atoms with Gasteiger partial charge in [0, 0.05) is 12.1 Å². The number of benzene rings is 2. The summed E-state index contributed by atoms with van der Waals surface area (Å²) >= 11 is 6.14. The molecule has 0 atom stereocenters. The SMILES string of the molecule is CCCC(=O)Nc1ccc(Cl)c(NCC(=O)Nc2ccccc2C(N)=O)c1. The predicted octanol–water partition coefficient (Wildman–Crippen LogP) is 3.23. The number of hydrogen-bond donors (Lipinski definition) is 4. The molecule has 0 fully saturated rings. The number of carbonyl (C=O) groups is 3. The maximum atomic E-state index is 12.2. The molecule has 3 amide bonds. The number of carbonyl (C=O) groups excluding carboxylic acids is 3. The fourth-order valence-corrected chi connectivity index (χ4v) is 2.55. The Hall–Kier alpha value is -3.06. The Labute approximate surface area is 162 Å². The quantitative estimate of drug-likeness (QED) is 0.556. The number of halogens is 1. The number of nitrogens with two attached hydrogens (primary N) is 1. The molecule has 0 unspecified atom stereocenters. The highest BCUT2D eigenvalue weighted by Crippen LogP contribution is 2.25. The molecule has 0 saturated heterocycles. The van der Waals surface area contributed by atoms with E-state index in [2.05, 4.69) is 16.0 Å². The van der Waals surface area contributed by atoms with Crippen LogP contribution in [0.25, 0.3) is 0 Å². The van der Waals surface area contributed by atoms with Crippen molar-refractivity contribution in [2.45, 2.75) is 19.8 Å². The first kappa shape index (κ1) is 20.3. The van der Waals surface area contributed by atoms with Crippen LogP contribution >= 0.6 is 11.6 Å². The van der Waals surface area contributed by atoms with Crippen LogP contribution in [0.1, 0.15) is 30.1 Å². The Balaban J connectivity index is 2.00. The molecular formula is C19H21ClN4O3. The second-order valence-electron chi connectivity index (χ2n) is 5.80. The van der Waals surface area contributed by atoms with Crippen molar-refractivity contribution < 1.29 is 14.4 Å². The van der Waals surface area contributed by atoms with Crippen LogP contribution in [0.4, 0.5) is 17.1 Å². The molecule has 0 aliphatic heterocycles. The van der Waals surface area contributed by atoms with Crippen LogP contribution in [0.3, 0.4) is 0 Å². The summed E-state index contributed by atoms with van der Waals surface area (Å²) in [5.74, 6) is -1.09. The van der Waals surface area contributed by atoms with Crippen molar-refractivity contribution in [1.82, 2.24) is 0 Å². The number of amides is 3. The lowest BCUT2D eigenvalue weighted by molar-refractivity contribution is -0.116. The minimum absolute atomic E-state index is 0.0842. The van der Waals surface area contributed by atoms with Crippen molar-refractivity contribution in [3.8, 4) is 0 Å². The number of para-hydroxylation sites is 1. The standard InChI is InChI=1S/C19H21ClN4O3/c1-2-5-17(25)23-12-8-9-14(20)16(10-12)22-11-18(26)24-15-7-4-3-6-13(15)19(21)27/h3-4,6-10,22H,2,5,11H2,1H3,(H2,21,27)(H,23,25)(H,24,26). The highest BCUT2D eigenvalue weighted by atomic mass is 35.5. The van der Waals surface area contributed by atoms with Gasteiger partial charge in [0.15, 0.2) is 0 Å². The summed E-state index contributed by atoms with van der Waals surface area (Å²) in [6.07, 6.45) is 1.17. The van der Waals surface area contributed by atoms with E-state index < -0.39 is 5.91 Å². The molecule has 5 N–H and O–H groups in total. The Bertz CT molecular complexity index is 855. The van der Waals surface area contributed by atoms with E-state index in [1.165, 1.54) is 6.07 Å². The lowest BCUT2D eigenvalue weighted by Gasteiger charge is -2.12. The summed E-state index contributed by atoms with van der Waals surface area (Å²) in [5.41, 5.74) is 6.95. The van der Waals surface area contributed by atoms with Gasteiger partial charge in [0.25, 0.3) is 5.91 Å². The molecular weight excluding hydrogens is 368 g/mol. The maximum absolute atomic E-state index is 12.2. The van der Waals surface area contributed by atoms with Gasteiger partial charge in [-0.25, -0.2) is 0 Å². The third kappa shape index (κ3) is 6.00. The van der Waals surface area contributed by atoms with E-state index >= 15 is 0 Å². The molecule has 2 rings (SSSR count). The third-order valence-electron chi connectivity index (χ3n) is 3.63. The van der Waals surface area contributed by atoms with Crippen molar-refractivity contribution >= 4 is 46.4 Å². The second kappa shape index (κ2) is 9.59. The third-order valence-corrected chi connectivity index (χ3v) is 3.96. The fraction of sp³-hybridized carbons (Fsp3) is 0.211. The first-order chi connectivity index (χ1) is 12.9. The van der Waals surface area contributed by atoms with Gasteiger partial charge in [0.1, 0.15) is 0 Å². The highest BCUT2D eigenvalue weighted by Gasteiger charge is 2.11. The molecule has 7 nitrogen and oxygen atoms in total. The molecule has 142 valence electrons. The average Bonchev–Trinajstić information content (AvgIpc) is 2.62. The first-order valence-corrected chi connectivity index (χ1v) is 8.80. The molecule has 0 spiro atoms. The summed E-state index contributed by atoms with van der Waals surface area (Å²) in [6.45, 7) is 1.84. The largest absolute Gasteiger partial charge is 0.375 e. The van der Waals surface area contributed by atoms with Crippen molar-refractivity contribution in [3.05, 3.63) is 53.1 Å². The molecule has 2 aromatic carbocycles. The Morgan fingerprint density at radius 3 is 2.44 bits per heavy atom. The molecule has 0 aliphatic rings. The number of hydrogen-bond acceptors (Lipinski definition) is 4. The molecule has 0 radical (unpaired) electrons. The van der Waals surface area contributed by atoms with Gasteiger partial charge in [-0.3, -0.25) is 14.4 Å². The van der Waals surface area contributed by atoms with Crippen molar-refractivity contribution in [3.63, 3.8) is 0 Å². The van der Waals surface area contributed by atoms with Gasteiger partial charge in [0.2, 0.25) is 11.8 Å². The zero-order chi connectivity index (χ0) is 19.8. The van der Waals surface area contributed by atoms with Crippen LogP contribution in [-0.2, 0) is 9.59 Å². The number of nitrogens with one attached hydrogen (secondary N) is 3. The zero-order valence-corrected chi connectivity index (χ0v) is 15.6. The molecule has 0 saturated carbocycles. The van der Waals surface area contributed by atoms with Gasteiger partial charge in [-0.2, -0.15) is 0 Å². The van der Waals surface area contributed by atoms with Gasteiger partial charge in [-0.15, -0.1) is 0 Å². The summed E-state index contributed by atoms with van der Waals surface area (Å²) in [4.78, 5) is 35.3. The Kier molecular flexibility index (Phi) is 7.19. The van der Waals surface area contributed by atoms with E-state index in [0.717, 1.165) is 6.42 Å². The molecule has 27 heavy (non-hydrogen) atoms. The van der Waals surface area contributed by atoms with Crippen molar-refractivity contribution in [2.75, 3.05) is 22.5 Å². The van der Waals surface area contributed by atoms with Gasteiger partial charge >= 0.3 is 0 Å².